The van der Waals surface area contributed by atoms with Gasteiger partial charge in [-0.25, -0.2) is 0 Å². The predicted molar refractivity (Wildman–Crippen MR) is 452 cm³/mol. The van der Waals surface area contributed by atoms with Gasteiger partial charge in [-0.3, -0.25) is 0 Å². The topological polar surface area (TPSA) is 0 Å². The molecule has 103 heavy (non-hydrogen) atoms. The molecule has 22 aromatic carbocycles. The van der Waals surface area contributed by atoms with Crippen molar-refractivity contribution in [1.82, 2.24) is 0 Å². The Kier molecular flexibility index (Phi) is 17.7. The zero-order chi connectivity index (χ0) is 68.7. The smallest absolute Gasteiger partial charge is 0.00268 e. The van der Waals surface area contributed by atoms with Crippen LogP contribution in [-0.2, 0) is 6.42 Å². The van der Waals surface area contributed by atoms with Gasteiger partial charge < -0.3 is 0 Å². The highest BCUT2D eigenvalue weighted by Crippen LogP contribution is 2.36. The van der Waals surface area contributed by atoms with Crippen LogP contribution in [0.25, 0.3) is 168 Å². The van der Waals surface area contributed by atoms with Crippen LogP contribution < -0.4 is 0 Å². The van der Waals surface area contributed by atoms with Gasteiger partial charge in [-0.2, -0.15) is 0 Å². The summed E-state index contributed by atoms with van der Waals surface area (Å²) >= 11 is 0. The predicted octanol–water partition coefficient (Wildman–Crippen LogP) is 29.1. The molecule has 0 saturated carbocycles. The maximum Gasteiger partial charge on any atom is -0.00268 e. The first-order chi connectivity index (χ1) is 51.0. The molecule has 0 saturated heterocycles. The van der Waals surface area contributed by atoms with Crippen LogP contribution in [0.4, 0.5) is 0 Å². The lowest BCUT2D eigenvalue weighted by Crippen LogP contribution is -1.91. The molecule has 484 valence electrons. The maximum atomic E-state index is 2.30. The van der Waals surface area contributed by atoms with Gasteiger partial charge in [0.15, 0.2) is 0 Å². The van der Waals surface area contributed by atoms with E-state index in [9.17, 15) is 0 Å². The van der Waals surface area contributed by atoms with Gasteiger partial charge in [-0.1, -0.05) is 376 Å². The second kappa shape index (κ2) is 28.9. The zero-order valence-corrected chi connectivity index (χ0v) is 57.1. The maximum absolute atomic E-state index is 2.30. The third-order valence-electron chi connectivity index (χ3n) is 20.2. The first-order valence-corrected chi connectivity index (χ1v) is 35.6. The van der Waals surface area contributed by atoms with E-state index in [0.29, 0.717) is 0 Å². The Hall–Kier alpha value is -13.3. The van der Waals surface area contributed by atoms with Crippen molar-refractivity contribution in [3.05, 3.63) is 430 Å². The number of hydrogen-bond acceptors (Lipinski definition) is 0. The summed E-state index contributed by atoms with van der Waals surface area (Å²) in [4.78, 5) is 0. The molecule has 22 aromatic rings. The normalized spacial score (nSPS) is 11.4. The molecule has 23 rings (SSSR count). The van der Waals surface area contributed by atoms with Gasteiger partial charge in [0.25, 0.3) is 0 Å². The summed E-state index contributed by atoms with van der Waals surface area (Å²) in [6, 6.07) is 147. The summed E-state index contributed by atoms with van der Waals surface area (Å²) in [5, 5.41) is 39.9. The van der Waals surface area contributed by atoms with E-state index >= 15 is 0 Å². The third kappa shape index (κ3) is 13.5. The van der Waals surface area contributed by atoms with Crippen molar-refractivity contribution in [2.75, 3.05) is 0 Å². The Bertz CT molecular complexity index is 6290. The highest BCUT2D eigenvalue weighted by molar-refractivity contribution is 6.23. The Morgan fingerprint density at radius 3 is 0.728 bits per heavy atom. The molecule has 0 radical (unpaired) electrons. The standard InChI is InChI=1S/2C18H12.C16H10.2C14H10.C13H10.C10H8/c1-2-7-15-12-18-16(11-14(15)6-1)10-9-13-5-3-4-8-17(13)18;1-2-6-14-10-18-12-16-8-4-3-7-15(16)11-17(18)9-13(14)5-1;1-3-11-7-9-13-5-2-6-14-10-8-12(4-1)15(11)16(13)14;1-3-7-13-11(5-1)9-10-12-6-2-4-8-14(12)13;1-2-6-12-10-14-8-4-3-7-13(14)9-11(12)5-1;1-4-10-6-2-8-12-9-3-7-11(5-1)13(10)12;1-2-6-10-8-4-3-7-9(10)5-1/h2*1-12H;1-10H;2*1-10H;1-8H,9H2;1-8H. The van der Waals surface area contributed by atoms with Crippen LogP contribution in [0.3, 0.4) is 0 Å². The van der Waals surface area contributed by atoms with E-state index in [-0.39, 0.29) is 0 Å². The van der Waals surface area contributed by atoms with Crippen molar-refractivity contribution in [2.24, 2.45) is 0 Å². The van der Waals surface area contributed by atoms with E-state index in [2.05, 4.69) is 425 Å². The van der Waals surface area contributed by atoms with Gasteiger partial charge in [0.05, 0.1) is 0 Å². The summed E-state index contributed by atoms with van der Waals surface area (Å²) in [6.45, 7) is 0. The van der Waals surface area contributed by atoms with E-state index in [1.54, 1.807) is 0 Å². The van der Waals surface area contributed by atoms with E-state index in [4.69, 9.17) is 0 Å². The van der Waals surface area contributed by atoms with E-state index in [1.807, 2.05) is 0 Å². The zero-order valence-electron chi connectivity index (χ0n) is 57.1. The molecule has 1 aliphatic rings. The van der Waals surface area contributed by atoms with E-state index in [0.717, 1.165) is 6.42 Å². The van der Waals surface area contributed by atoms with Crippen molar-refractivity contribution in [2.45, 2.75) is 6.42 Å². The second-order valence-corrected chi connectivity index (χ2v) is 26.6. The molecular weight excluding hydrogens is 1240 g/mol. The summed E-state index contributed by atoms with van der Waals surface area (Å²) in [6.07, 6.45) is 5.53. The minimum Gasteiger partial charge on any atom is -0.0795 e. The first-order valence-electron chi connectivity index (χ1n) is 35.6. The molecular formula is C103H72. The molecule has 0 heteroatoms. The van der Waals surface area contributed by atoms with Gasteiger partial charge in [-0.15, -0.1) is 0 Å². The average molecular weight is 1310 g/mol. The van der Waals surface area contributed by atoms with Crippen molar-refractivity contribution in [3.63, 3.8) is 0 Å². The molecule has 0 amide bonds. The average Bonchev–Trinajstić information content (AvgIpc) is 0.767. The quantitative estimate of drug-likeness (QED) is 0.105. The minimum absolute atomic E-state index is 1.08. The largest absolute Gasteiger partial charge is 0.0795 e. The lowest BCUT2D eigenvalue weighted by atomic mass is 9.93. The van der Waals surface area contributed by atoms with E-state index < -0.39 is 0 Å². The number of fused-ring (bicyclic) bond motifs is 13. The first kappa shape index (κ1) is 63.2. The molecule has 0 spiro atoms. The molecule has 0 aromatic heterocycles. The van der Waals surface area contributed by atoms with Gasteiger partial charge in [-0.05, 0) is 228 Å². The fourth-order valence-electron chi connectivity index (χ4n) is 15.0. The SMILES string of the molecule is C1=Cc2cccc3cccc(c23)C1.c1cc2ccc3cccc4ccc(c1)c2c34.c1ccc2c(c1)ccc1ccccc12.c1ccc2cc3c(ccc4ccccc43)cc2c1.c1ccc2cc3cc4ccccc4cc3cc2c1.c1ccc2cc3ccccc3cc2c1.c1ccc2ccccc2c1. The molecule has 0 fully saturated rings. The van der Waals surface area contributed by atoms with Crippen LogP contribution in [0.15, 0.2) is 419 Å². The fraction of sp³-hybridized carbons (Fsp3) is 0.00971. The minimum atomic E-state index is 1.08. The third-order valence-corrected chi connectivity index (χ3v) is 20.2. The second-order valence-electron chi connectivity index (χ2n) is 26.6. The van der Waals surface area contributed by atoms with Gasteiger partial charge in [0.1, 0.15) is 0 Å². The van der Waals surface area contributed by atoms with Crippen molar-refractivity contribution in [3.8, 4) is 0 Å². The molecule has 0 unspecified atom stereocenters. The van der Waals surface area contributed by atoms with Crippen molar-refractivity contribution < 1.29 is 0 Å². The van der Waals surface area contributed by atoms with E-state index in [1.165, 1.54) is 173 Å². The lowest BCUT2D eigenvalue weighted by Gasteiger charge is -2.11. The number of benzene rings is 22. The molecule has 0 N–H and O–H groups in total. The Morgan fingerprint density at radius 2 is 0.369 bits per heavy atom. The van der Waals surface area contributed by atoms with Crippen LogP contribution in [-0.4, -0.2) is 0 Å². The van der Waals surface area contributed by atoms with Crippen LogP contribution in [0.1, 0.15) is 11.1 Å². The number of allylic oxidation sites excluding steroid dienone is 1. The highest BCUT2D eigenvalue weighted by atomic mass is 14.1. The lowest BCUT2D eigenvalue weighted by molar-refractivity contribution is 1.29. The monoisotopic (exact) mass is 1310 g/mol. The summed E-state index contributed by atoms with van der Waals surface area (Å²) in [5.74, 6) is 0. The summed E-state index contributed by atoms with van der Waals surface area (Å²) in [5.41, 5.74) is 2.81. The summed E-state index contributed by atoms with van der Waals surface area (Å²) in [7, 11) is 0. The number of hydrogen-bond donors (Lipinski definition) is 0. The Labute approximate surface area is 599 Å². The summed E-state index contributed by atoms with van der Waals surface area (Å²) < 4.78 is 0. The van der Waals surface area contributed by atoms with Crippen LogP contribution in [0, 0.1) is 0 Å². The van der Waals surface area contributed by atoms with Crippen LogP contribution in [0.5, 0.6) is 0 Å². The number of rotatable bonds is 0. The molecule has 0 heterocycles. The highest BCUT2D eigenvalue weighted by Gasteiger charge is 2.09. The van der Waals surface area contributed by atoms with Gasteiger partial charge in [0, 0.05) is 0 Å². The van der Waals surface area contributed by atoms with Gasteiger partial charge in [0.2, 0.25) is 0 Å². The Balaban J connectivity index is 0.0000000897. The van der Waals surface area contributed by atoms with Gasteiger partial charge >= 0.3 is 0 Å². The van der Waals surface area contributed by atoms with Crippen LogP contribution >= 0.6 is 0 Å². The molecule has 0 atom stereocenters. The Morgan fingerprint density at radius 1 is 0.136 bits per heavy atom. The molecule has 1 aliphatic carbocycles. The molecule has 0 nitrogen and oxygen atoms in total. The van der Waals surface area contributed by atoms with Crippen molar-refractivity contribution in [1.29, 1.82) is 0 Å². The van der Waals surface area contributed by atoms with Crippen LogP contribution in [0.2, 0.25) is 0 Å². The molecule has 0 bridgehead atoms. The fourth-order valence-corrected chi connectivity index (χ4v) is 15.0. The molecule has 0 aliphatic heterocycles. The van der Waals surface area contributed by atoms with Crippen molar-refractivity contribution >= 4 is 168 Å².